The molecule has 3 nitrogen and oxygen atoms in total. The van der Waals surface area contributed by atoms with Crippen LogP contribution in [0.25, 0.3) is 6.08 Å². The van der Waals surface area contributed by atoms with E-state index >= 15 is 0 Å². The van der Waals surface area contributed by atoms with Gasteiger partial charge in [-0.25, -0.2) is 0 Å². The SMILES string of the molecule is COc1cc2c(cc1OC)C(=O)/C(=C\c1cc(C)ccc1C)CC2. The average molecular weight is 322 g/mol. The van der Waals surface area contributed by atoms with Gasteiger partial charge < -0.3 is 9.47 Å². The van der Waals surface area contributed by atoms with Gasteiger partial charge in [-0.15, -0.1) is 0 Å². The lowest BCUT2D eigenvalue weighted by atomic mass is 9.85. The maximum Gasteiger partial charge on any atom is 0.189 e. The number of ether oxygens (including phenoxy) is 2. The molecule has 0 radical (unpaired) electrons. The molecular formula is C21H22O3. The highest BCUT2D eigenvalue weighted by atomic mass is 16.5. The summed E-state index contributed by atoms with van der Waals surface area (Å²) in [7, 11) is 3.20. The van der Waals surface area contributed by atoms with Crippen LogP contribution in [0.3, 0.4) is 0 Å². The molecule has 1 aliphatic carbocycles. The molecule has 0 spiro atoms. The van der Waals surface area contributed by atoms with Crippen molar-refractivity contribution < 1.29 is 14.3 Å². The second-order valence-corrected chi connectivity index (χ2v) is 6.22. The summed E-state index contributed by atoms with van der Waals surface area (Å²) in [6.07, 6.45) is 3.61. The molecular weight excluding hydrogens is 300 g/mol. The number of methoxy groups -OCH3 is 2. The van der Waals surface area contributed by atoms with Crippen LogP contribution in [0.4, 0.5) is 0 Å². The summed E-state index contributed by atoms with van der Waals surface area (Å²) in [5.74, 6) is 1.35. The number of benzene rings is 2. The van der Waals surface area contributed by atoms with Crippen LogP contribution in [0.5, 0.6) is 11.5 Å². The zero-order valence-electron chi connectivity index (χ0n) is 14.6. The van der Waals surface area contributed by atoms with Crippen LogP contribution < -0.4 is 9.47 Å². The minimum atomic E-state index is 0.0816. The minimum Gasteiger partial charge on any atom is -0.493 e. The fourth-order valence-corrected chi connectivity index (χ4v) is 3.14. The molecule has 2 aromatic rings. The van der Waals surface area contributed by atoms with E-state index in [-0.39, 0.29) is 5.78 Å². The first-order valence-electron chi connectivity index (χ1n) is 8.11. The highest BCUT2D eigenvalue weighted by molar-refractivity contribution is 6.13. The largest absolute Gasteiger partial charge is 0.493 e. The van der Waals surface area contributed by atoms with E-state index in [0.29, 0.717) is 11.5 Å². The van der Waals surface area contributed by atoms with Gasteiger partial charge in [0.2, 0.25) is 0 Å². The van der Waals surface area contributed by atoms with Crippen LogP contribution in [0.2, 0.25) is 0 Å². The summed E-state index contributed by atoms with van der Waals surface area (Å²) in [5.41, 5.74) is 6.08. The molecule has 1 aliphatic rings. The van der Waals surface area contributed by atoms with E-state index < -0.39 is 0 Å². The number of hydrogen-bond donors (Lipinski definition) is 0. The summed E-state index contributed by atoms with van der Waals surface area (Å²) >= 11 is 0. The van der Waals surface area contributed by atoms with E-state index in [2.05, 4.69) is 32.0 Å². The van der Waals surface area contributed by atoms with Crippen molar-refractivity contribution in [2.24, 2.45) is 0 Å². The molecule has 3 heteroatoms. The van der Waals surface area contributed by atoms with E-state index in [9.17, 15) is 4.79 Å². The lowest BCUT2D eigenvalue weighted by Crippen LogP contribution is -2.14. The Bertz CT molecular complexity index is 831. The molecule has 124 valence electrons. The quantitative estimate of drug-likeness (QED) is 0.779. The number of carbonyl (C=O) groups excluding carboxylic acids is 1. The number of ketones is 1. The molecule has 3 rings (SSSR count). The third-order valence-electron chi connectivity index (χ3n) is 4.57. The lowest BCUT2D eigenvalue weighted by molar-refractivity contribution is 0.102. The Balaban J connectivity index is 2.03. The molecule has 2 aromatic carbocycles. The highest BCUT2D eigenvalue weighted by Gasteiger charge is 2.24. The number of fused-ring (bicyclic) bond motifs is 1. The van der Waals surface area contributed by atoms with Crippen molar-refractivity contribution in [2.75, 3.05) is 14.2 Å². The zero-order chi connectivity index (χ0) is 17.3. The first-order valence-corrected chi connectivity index (χ1v) is 8.11. The molecule has 0 atom stereocenters. The third kappa shape index (κ3) is 2.94. The van der Waals surface area contributed by atoms with E-state index in [1.165, 1.54) is 11.1 Å². The number of rotatable bonds is 3. The van der Waals surface area contributed by atoms with E-state index in [0.717, 1.165) is 35.1 Å². The Morgan fingerprint density at radius 2 is 1.67 bits per heavy atom. The first kappa shape index (κ1) is 16.3. The number of hydrogen-bond acceptors (Lipinski definition) is 3. The monoisotopic (exact) mass is 322 g/mol. The highest BCUT2D eigenvalue weighted by Crippen LogP contribution is 2.36. The van der Waals surface area contributed by atoms with Crippen molar-refractivity contribution in [2.45, 2.75) is 26.7 Å². The molecule has 24 heavy (non-hydrogen) atoms. The zero-order valence-corrected chi connectivity index (χ0v) is 14.6. The van der Waals surface area contributed by atoms with Crippen LogP contribution in [-0.4, -0.2) is 20.0 Å². The summed E-state index contributed by atoms with van der Waals surface area (Å²) in [5, 5.41) is 0. The van der Waals surface area contributed by atoms with Gasteiger partial charge in [0.05, 0.1) is 14.2 Å². The number of allylic oxidation sites excluding steroid dienone is 1. The van der Waals surface area contributed by atoms with Crippen molar-refractivity contribution in [3.05, 3.63) is 63.7 Å². The average Bonchev–Trinajstić information content (AvgIpc) is 2.59. The van der Waals surface area contributed by atoms with Crippen LogP contribution in [0, 0.1) is 13.8 Å². The second-order valence-electron chi connectivity index (χ2n) is 6.22. The Labute approximate surface area is 142 Å². The minimum absolute atomic E-state index is 0.0816. The molecule has 0 aliphatic heterocycles. The van der Waals surface area contributed by atoms with Gasteiger partial charge in [-0.05, 0) is 61.6 Å². The maximum atomic E-state index is 12.9. The van der Waals surface area contributed by atoms with Crippen molar-refractivity contribution in [1.29, 1.82) is 0 Å². The molecule has 0 saturated heterocycles. The second kappa shape index (κ2) is 6.52. The van der Waals surface area contributed by atoms with Gasteiger partial charge in [0.25, 0.3) is 0 Å². The van der Waals surface area contributed by atoms with Crippen LogP contribution in [-0.2, 0) is 6.42 Å². The van der Waals surface area contributed by atoms with E-state index in [1.807, 2.05) is 12.1 Å². The van der Waals surface area contributed by atoms with Gasteiger partial charge in [-0.2, -0.15) is 0 Å². The Morgan fingerprint density at radius 1 is 0.958 bits per heavy atom. The number of Topliss-reactive ketones (excluding diaryl/α,β-unsaturated/α-hetero) is 1. The fraction of sp³-hybridized carbons (Fsp3) is 0.286. The Morgan fingerprint density at radius 3 is 2.38 bits per heavy atom. The van der Waals surface area contributed by atoms with Crippen molar-refractivity contribution in [3.63, 3.8) is 0 Å². The van der Waals surface area contributed by atoms with Gasteiger partial charge in [0.15, 0.2) is 17.3 Å². The molecule has 0 unspecified atom stereocenters. The molecule has 0 N–H and O–H groups in total. The van der Waals surface area contributed by atoms with Crippen molar-refractivity contribution >= 4 is 11.9 Å². The molecule has 0 amide bonds. The fourth-order valence-electron chi connectivity index (χ4n) is 3.14. The molecule has 0 aromatic heterocycles. The Hall–Kier alpha value is -2.55. The predicted octanol–water partition coefficient (Wildman–Crippen LogP) is 4.53. The van der Waals surface area contributed by atoms with Crippen LogP contribution in [0.1, 0.15) is 39.0 Å². The Kier molecular flexibility index (Phi) is 4.43. The van der Waals surface area contributed by atoms with Crippen molar-refractivity contribution in [1.82, 2.24) is 0 Å². The normalized spacial score (nSPS) is 15.3. The molecule has 0 fully saturated rings. The van der Waals surface area contributed by atoms with Gasteiger partial charge in [-0.3, -0.25) is 4.79 Å². The van der Waals surface area contributed by atoms with E-state index in [1.54, 1.807) is 20.3 Å². The summed E-state index contributed by atoms with van der Waals surface area (Å²) < 4.78 is 10.7. The van der Waals surface area contributed by atoms with Gasteiger partial charge in [0, 0.05) is 11.1 Å². The van der Waals surface area contributed by atoms with Gasteiger partial charge >= 0.3 is 0 Å². The molecule has 0 saturated carbocycles. The molecule has 0 bridgehead atoms. The smallest absolute Gasteiger partial charge is 0.189 e. The summed E-state index contributed by atoms with van der Waals surface area (Å²) in [6.45, 7) is 4.14. The third-order valence-corrected chi connectivity index (χ3v) is 4.57. The maximum absolute atomic E-state index is 12.9. The lowest BCUT2D eigenvalue weighted by Gasteiger charge is -2.20. The van der Waals surface area contributed by atoms with Crippen LogP contribution in [0.15, 0.2) is 35.9 Å². The van der Waals surface area contributed by atoms with Crippen LogP contribution >= 0.6 is 0 Å². The standard InChI is InChI=1S/C21H22O3/c1-13-5-6-14(2)17(9-13)10-16-8-7-15-11-19(23-3)20(24-4)12-18(15)21(16)22/h5-6,9-12H,7-8H2,1-4H3/b16-10-. The molecule has 0 heterocycles. The van der Waals surface area contributed by atoms with Gasteiger partial charge in [-0.1, -0.05) is 23.8 Å². The van der Waals surface area contributed by atoms with Crippen molar-refractivity contribution in [3.8, 4) is 11.5 Å². The van der Waals surface area contributed by atoms with Gasteiger partial charge in [0.1, 0.15) is 0 Å². The summed E-state index contributed by atoms with van der Waals surface area (Å²) in [6, 6.07) is 10.0. The van der Waals surface area contributed by atoms with E-state index in [4.69, 9.17) is 9.47 Å². The topological polar surface area (TPSA) is 35.5 Å². The number of carbonyl (C=O) groups is 1. The first-order chi connectivity index (χ1) is 11.5. The number of aryl methyl sites for hydroxylation is 3. The summed E-state index contributed by atoms with van der Waals surface area (Å²) in [4.78, 5) is 12.9. The predicted molar refractivity (Wildman–Crippen MR) is 96.1 cm³/mol.